The summed E-state index contributed by atoms with van der Waals surface area (Å²) < 4.78 is 15.1. The van der Waals surface area contributed by atoms with Crippen molar-refractivity contribution in [3.8, 4) is 11.3 Å². The molecule has 1 heterocycles. The monoisotopic (exact) mass is 349 g/mol. The van der Waals surface area contributed by atoms with Gasteiger partial charge in [0.25, 0.3) is 0 Å². The van der Waals surface area contributed by atoms with Crippen LogP contribution < -0.4 is 5.32 Å². The number of imidazole rings is 1. The Bertz CT molecular complexity index is 846. The zero-order valence-electron chi connectivity index (χ0n) is 12.4. The number of halogens is 3. The molecule has 0 aliphatic carbocycles. The van der Waals surface area contributed by atoms with E-state index in [4.69, 9.17) is 23.2 Å². The zero-order chi connectivity index (χ0) is 16.4. The van der Waals surface area contributed by atoms with Gasteiger partial charge in [-0.25, -0.2) is 9.37 Å². The van der Waals surface area contributed by atoms with Gasteiger partial charge in [0, 0.05) is 19.2 Å². The number of anilines is 1. The first-order valence-corrected chi connectivity index (χ1v) is 7.75. The van der Waals surface area contributed by atoms with Gasteiger partial charge in [-0.2, -0.15) is 0 Å². The molecule has 3 nitrogen and oxygen atoms in total. The first-order chi connectivity index (χ1) is 11.0. The molecular weight excluding hydrogens is 336 g/mol. The smallest absolute Gasteiger partial charge is 0.203 e. The molecule has 2 aromatic carbocycles. The van der Waals surface area contributed by atoms with Crippen LogP contribution in [0.4, 0.5) is 10.3 Å². The van der Waals surface area contributed by atoms with Gasteiger partial charge in [-0.1, -0.05) is 41.4 Å². The molecule has 0 aliphatic rings. The van der Waals surface area contributed by atoms with Crippen molar-refractivity contribution in [1.82, 2.24) is 9.55 Å². The van der Waals surface area contributed by atoms with Gasteiger partial charge in [0.05, 0.1) is 21.9 Å². The highest BCUT2D eigenvalue weighted by molar-refractivity contribution is 6.42. The largest absolute Gasteiger partial charge is 0.352 e. The first kappa shape index (κ1) is 15.8. The van der Waals surface area contributed by atoms with Gasteiger partial charge in [-0.15, -0.1) is 0 Å². The average Bonchev–Trinajstić information content (AvgIpc) is 2.89. The second-order valence-electron chi connectivity index (χ2n) is 5.14. The van der Waals surface area contributed by atoms with Crippen molar-refractivity contribution < 1.29 is 4.39 Å². The molecule has 3 aromatic rings. The Hall–Kier alpha value is -2.04. The summed E-state index contributed by atoms with van der Waals surface area (Å²) in [5.41, 5.74) is 2.68. The predicted octanol–water partition coefficient (Wildman–Crippen LogP) is 5.15. The van der Waals surface area contributed by atoms with Crippen molar-refractivity contribution >= 4 is 29.2 Å². The summed E-state index contributed by atoms with van der Waals surface area (Å²) in [6.45, 7) is 0.490. The molecule has 0 spiro atoms. The Morgan fingerprint density at radius 1 is 1.13 bits per heavy atom. The van der Waals surface area contributed by atoms with Crippen LogP contribution in [0.1, 0.15) is 5.56 Å². The molecule has 0 saturated carbocycles. The first-order valence-electron chi connectivity index (χ1n) is 7.00. The summed E-state index contributed by atoms with van der Waals surface area (Å²) in [6, 6.07) is 11.9. The standard InChI is InChI=1S/C17H14Cl2FN3/c1-23-16(12-5-6-14(18)15(19)8-12)10-22-17(23)21-9-11-3-2-4-13(20)7-11/h2-8,10H,9H2,1H3,(H,21,22). The van der Waals surface area contributed by atoms with Crippen LogP contribution in [0.25, 0.3) is 11.3 Å². The lowest BCUT2D eigenvalue weighted by atomic mass is 10.2. The zero-order valence-corrected chi connectivity index (χ0v) is 13.9. The predicted molar refractivity (Wildman–Crippen MR) is 92.4 cm³/mol. The number of benzene rings is 2. The number of nitrogens with zero attached hydrogens (tertiary/aromatic N) is 2. The summed E-state index contributed by atoms with van der Waals surface area (Å²) in [6.07, 6.45) is 1.76. The lowest BCUT2D eigenvalue weighted by Gasteiger charge is -2.09. The lowest BCUT2D eigenvalue weighted by molar-refractivity contribution is 0.626. The van der Waals surface area contributed by atoms with Gasteiger partial charge in [-0.3, -0.25) is 0 Å². The minimum Gasteiger partial charge on any atom is -0.352 e. The van der Waals surface area contributed by atoms with Gasteiger partial charge >= 0.3 is 0 Å². The second kappa shape index (κ2) is 6.60. The van der Waals surface area contributed by atoms with Crippen molar-refractivity contribution in [1.29, 1.82) is 0 Å². The molecule has 23 heavy (non-hydrogen) atoms. The molecule has 0 radical (unpaired) electrons. The van der Waals surface area contributed by atoms with E-state index in [1.807, 2.05) is 23.7 Å². The van der Waals surface area contributed by atoms with E-state index in [0.717, 1.165) is 16.8 Å². The highest BCUT2D eigenvalue weighted by atomic mass is 35.5. The van der Waals surface area contributed by atoms with Gasteiger partial charge in [0.15, 0.2) is 0 Å². The Labute approximate surface area is 143 Å². The van der Waals surface area contributed by atoms with Crippen LogP contribution in [0.2, 0.25) is 10.0 Å². The number of nitrogens with one attached hydrogen (secondary N) is 1. The highest BCUT2D eigenvalue weighted by Crippen LogP contribution is 2.29. The molecule has 118 valence electrons. The Morgan fingerprint density at radius 2 is 1.96 bits per heavy atom. The van der Waals surface area contributed by atoms with E-state index in [1.165, 1.54) is 12.1 Å². The van der Waals surface area contributed by atoms with Gasteiger partial charge in [0.2, 0.25) is 5.95 Å². The lowest BCUT2D eigenvalue weighted by Crippen LogP contribution is -2.05. The molecular formula is C17H14Cl2FN3. The molecule has 1 aromatic heterocycles. The number of aromatic nitrogens is 2. The third-order valence-corrected chi connectivity index (χ3v) is 4.28. The Kier molecular flexibility index (Phi) is 4.55. The van der Waals surface area contributed by atoms with E-state index >= 15 is 0 Å². The van der Waals surface area contributed by atoms with E-state index in [0.29, 0.717) is 22.5 Å². The van der Waals surface area contributed by atoms with Crippen LogP contribution in [0, 0.1) is 5.82 Å². The summed E-state index contributed by atoms with van der Waals surface area (Å²) in [5, 5.41) is 4.21. The summed E-state index contributed by atoms with van der Waals surface area (Å²) in [4.78, 5) is 4.36. The van der Waals surface area contributed by atoms with Crippen molar-refractivity contribution in [2.45, 2.75) is 6.54 Å². The Morgan fingerprint density at radius 3 is 2.70 bits per heavy atom. The highest BCUT2D eigenvalue weighted by Gasteiger charge is 2.10. The van der Waals surface area contributed by atoms with E-state index in [-0.39, 0.29) is 5.82 Å². The van der Waals surface area contributed by atoms with Crippen LogP contribution in [0.15, 0.2) is 48.7 Å². The third-order valence-electron chi connectivity index (χ3n) is 3.54. The van der Waals surface area contributed by atoms with Gasteiger partial charge in [-0.05, 0) is 29.8 Å². The van der Waals surface area contributed by atoms with Crippen LogP contribution in [0.3, 0.4) is 0 Å². The molecule has 0 bridgehead atoms. The van der Waals surface area contributed by atoms with Crippen LogP contribution >= 0.6 is 23.2 Å². The van der Waals surface area contributed by atoms with E-state index in [2.05, 4.69) is 10.3 Å². The second-order valence-corrected chi connectivity index (χ2v) is 5.95. The van der Waals surface area contributed by atoms with Crippen molar-refractivity contribution in [2.24, 2.45) is 7.05 Å². The van der Waals surface area contributed by atoms with Gasteiger partial charge < -0.3 is 9.88 Å². The van der Waals surface area contributed by atoms with Crippen LogP contribution in [-0.4, -0.2) is 9.55 Å². The quantitative estimate of drug-likeness (QED) is 0.706. The molecule has 6 heteroatoms. The van der Waals surface area contributed by atoms with Crippen molar-refractivity contribution in [2.75, 3.05) is 5.32 Å². The summed E-state index contributed by atoms with van der Waals surface area (Å²) in [5.74, 6) is 0.441. The van der Waals surface area contributed by atoms with E-state index < -0.39 is 0 Å². The molecule has 3 rings (SSSR count). The number of hydrogen-bond donors (Lipinski definition) is 1. The fourth-order valence-corrected chi connectivity index (χ4v) is 2.62. The minimum absolute atomic E-state index is 0.249. The SMILES string of the molecule is Cn1c(-c2ccc(Cl)c(Cl)c2)cnc1NCc1cccc(F)c1. The third kappa shape index (κ3) is 3.49. The normalized spacial score (nSPS) is 10.8. The fourth-order valence-electron chi connectivity index (χ4n) is 2.33. The molecule has 1 N–H and O–H groups in total. The minimum atomic E-state index is -0.249. The summed E-state index contributed by atoms with van der Waals surface area (Å²) in [7, 11) is 1.90. The maximum atomic E-state index is 13.2. The van der Waals surface area contributed by atoms with E-state index in [9.17, 15) is 4.39 Å². The molecule has 0 fully saturated rings. The maximum Gasteiger partial charge on any atom is 0.203 e. The van der Waals surface area contributed by atoms with Gasteiger partial charge in [0.1, 0.15) is 5.82 Å². The molecule has 0 aliphatic heterocycles. The maximum absolute atomic E-state index is 13.2. The topological polar surface area (TPSA) is 29.9 Å². The van der Waals surface area contributed by atoms with E-state index in [1.54, 1.807) is 24.4 Å². The number of rotatable bonds is 4. The fraction of sp³-hybridized carbons (Fsp3) is 0.118. The van der Waals surface area contributed by atoms with Crippen LogP contribution in [0.5, 0.6) is 0 Å². The van der Waals surface area contributed by atoms with Crippen molar-refractivity contribution in [3.05, 3.63) is 70.1 Å². The summed E-state index contributed by atoms with van der Waals surface area (Å²) >= 11 is 12.0. The molecule has 0 unspecified atom stereocenters. The molecule has 0 saturated heterocycles. The van der Waals surface area contributed by atoms with Crippen LogP contribution in [-0.2, 0) is 13.6 Å². The Balaban J connectivity index is 1.80. The number of hydrogen-bond acceptors (Lipinski definition) is 2. The molecule has 0 amide bonds. The molecule has 0 atom stereocenters. The van der Waals surface area contributed by atoms with Crippen molar-refractivity contribution in [3.63, 3.8) is 0 Å². The average molecular weight is 350 g/mol.